The highest BCUT2D eigenvalue weighted by Crippen LogP contribution is 2.43. The van der Waals surface area contributed by atoms with Crippen LogP contribution in [0.1, 0.15) is 51.5 Å². The van der Waals surface area contributed by atoms with Gasteiger partial charge >= 0.3 is 0 Å². The fourth-order valence-electron chi connectivity index (χ4n) is 3.20. The zero-order valence-corrected chi connectivity index (χ0v) is 10.9. The number of hydrogen-bond donors (Lipinski definition) is 1. The van der Waals surface area contributed by atoms with Gasteiger partial charge in [0.2, 0.25) is 0 Å². The highest BCUT2D eigenvalue weighted by molar-refractivity contribution is 5.21. The Morgan fingerprint density at radius 1 is 1.18 bits per heavy atom. The first-order chi connectivity index (χ1) is 8.15. The van der Waals surface area contributed by atoms with Crippen LogP contribution in [0.25, 0.3) is 0 Å². The molecule has 1 atom stereocenters. The molecule has 1 unspecified atom stereocenters. The Bertz CT molecular complexity index is 343. The van der Waals surface area contributed by atoms with Crippen LogP contribution in [0.2, 0.25) is 0 Å². The van der Waals surface area contributed by atoms with Crippen molar-refractivity contribution in [2.45, 2.75) is 51.6 Å². The zero-order valence-electron chi connectivity index (χ0n) is 10.9. The average Bonchev–Trinajstić information content (AvgIpc) is 2.39. The standard InChI is InChI=1S/C15H23NO/c1-12(2)15(17,13-6-4-3-5-7-13)14-8-10-16-11-9-14/h8-13,17H,3-7H2,1-2H3. The Morgan fingerprint density at radius 3 is 2.29 bits per heavy atom. The van der Waals surface area contributed by atoms with Gasteiger partial charge in [-0.05, 0) is 42.4 Å². The first-order valence-electron chi connectivity index (χ1n) is 6.78. The lowest BCUT2D eigenvalue weighted by molar-refractivity contribution is -0.0775. The third kappa shape index (κ3) is 2.37. The summed E-state index contributed by atoms with van der Waals surface area (Å²) < 4.78 is 0. The Balaban J connectivity index is 2.31. The Hall–Kier alpha value is -0.890. The fraction of sp³-hybridized carbons (Fsp3) is 0.667. The number of rotatable bonds is 3. The molecule has 0 spiro atoms. The van der Waals surface area contributed by atoms with Crippen LogP contribution in [0.5, 0.6) is 0 Å². The molecule has 1 heterocycles. The number of nitrogens with zero attached hydrogens (tertiary/aromatic N) is 1. The minimum Gasteiger partial charge on any atom is -0.385 e. The lowest BCUT2D eigenvalue weighted by atomic mass is 9.68. The molecule has 1 aliphatic rings. The van der Waals surface area contributed by atoms with Crippen molar-refractivity contribution in [1.82, 2.24) is 4.98 Å². The minimum absolute atomic E-state index is 0.244. The van der Waals surface area contributed by atoms with E-state index >= 15 is 0 Å². The van der Waals surface area contributed by atoms with Gasteiger partial charge in [-0.3, -0.25) is 4.98 Å². The molecule has 0 amide bonds. The number of aromatic nitrogens is 1. The molecule has 2 nitrogen and oxygen atoms in total. The van der Waals surface area contributed by atoms with Crippen LogP contribution in [-0.2, 0) is 5.60 Å². The van der Waals surface area contributed by atoms with Crippen molar-refractivity contribution < 1.29 is 5.11 Å². The normalized spacial score (nSPS) is 21.4. The van der Waals surface area contributed by atoms with Crippen molar-refractivity contribution in [2.75, 3.05) is 0 Å². The first kappa shape index (κ1) is 12.6. The summed E-state index contributed by atoms with van der Waals surface area (Å²) in [5, 5.41) is 11.2. The second-order valence-electron chi connectivity index (χ2n) is 5.55. The molecule has 0 saturated heterocycles. The molecule has 2 rings (SSSR count). The summed E-state index contributed by atoms with van der Waals surface area (Å²) >= 11 is 0. The molecule has 0 radical (unpaired) electrons. The van der Waals surface area contributed by atoms with Crippen LogP contribution in [0, 0.1) is 11.8 Å². The van der Waals surface area contributed by atoms with E-state index < -0.39 is 5.60 Å². The van der Waals surface area contributed by atoms with Crippen LogP contribution >= 0.6 is 0 Å². The van der Waals surface area contributed by atoms with E-state index in [9.17, 15) is 5.11 Å². The number of aliphatic hydroxyl groups is 1. The molecular weight excluding hydrogens is 210 g/mol. The number of hydrogen-bond acceptors (Lipinski definition) is 2. The summed E-state index contributed by atoms with van der Waals surface area (Å²) in [6, 6.07) is 3.93. The second kappa shape index (κ2) is 5.18. The van der Waals surface area contributed by atoms with E-state index in [0.29, 0.717) is 5.92 Å². The molecule has 1 aliphatic carbocycles. The van der Waals surface area contributed by atoms with E-state index in [2.05, 4.69) is 18.8 Å². The lowest BCUT2D eigenvalue weighted by Gasteiger charge is -2.42. The summed E-state index contributed by atoms with van der Waals surface area (Å²) in [5.41, 5.74) is 0.359. The lowest BCUT2D eigenvalue weighted by Crippen LogP contribution is -2.41. The van der Waals surface area contributed by atoms with Gasteiger partial charge in [0.25, 0.3) is 0 Å². The van der Waals surface area contributed by atoms with Crippen molar-refractivity contribution in [3.05, 3.63) is 30.1 Å². The Labute approximate surface area is 104 Å². The van der Waals surface area contributed by atoms with E-state index in [1.54, 1.807) is 12.4 Å². The van der Waals surface area contributed by atoms with Crippen molar-refractivity contribution in [2.24, 2.45) is 11.8 Å². The SMILES string of the molecule is CC(C)C(O)(c1ccncc1)C1CCCCC1. The fourth-order valence-corrected chi connectivity index (χ4v) is 3.20. The summed E-state index contributed by atoms with van der Waals surface area (Å²) in [6.45, 7) is 4.24. The van der Waals surface area contributed by atoms with E-state index in [1.165, 1.54) is 19.3 Å². The monoisotopic (exact) mass is 233 g/mol. The maximum absolute atomic E-state index is 11.2. The largest absolute Gasteiger partial charge is 0.385 e. The van der Waals surface area contributed by atoms with E-state index in [1.807, 2.05) is 12.1 Å². The minimum atomic E-state index is -0.677. The molecule has 0 aromatic carbocycles. The maximum Gasteiger partial charge on any atom is 0.0948 e. The van der Waals surface area contributed by atoms with Crippen molar-refractivity contribution >= 4 is 0 Å². The van der Waals surface area contributed by atoms with Gasteiger partial charge < -0.3 is 5.11 Å². The van der Waals surface area contributed by atoms with Gasteiger partial charge in [0, 0.05) is 12.4 Å². The molecule has 94 valence electrons. The van der Waals surface area contributed by atoms with Gasteiger partial charge in [-0.25, -0.2) is 0 Å². The van der Waals surface area contributed by atoms with Gasteiger partial charge in [0.1, 0.15) is 0 Å². The Morgan fingerprint density at radius 2 is 1.76 bits per heavy atom. The van der Waals surface area contributed by atoms with Crippen LogP contribution in [0.3, 0.4) is 0 Å². The molecule has 0 bridgehead atoms. The molecule has 1 aromatic heterocycles. The van der Waals surface area contributed by atoms with Gasteiger partial charge in [-0.1, -0.05) is 33.1 Å². The molecule has 17 heavy (non-hydrogen) atoms. The highest BCUT2D eigenvalue weighted by Gasteiger charge is 2.41. The molecular formula is C15H23NO. The summed E-state index contributed by atoms with van der Waals surface area (Å²) in [5.74, 6) is 0.645. The maximum atomic E-state index is 11.2. The average molecular weight is 233 g/mol. The van der Waals surface area contributed by atoms with E-state index in [-0.39, 0.29) is 5.92 Å². The predicted octanol–water partition coefficient (Wildman–Crippen LogP) is 3.51. The summed E-state index contributed by atoms with van der Waals surface area (Å²) in [4.78, 5) is 4.05. The van der Waals surface area contributed by atoms with E-state index in [4.69, 9.17) is 0 Å². The second-order valence-corrected chi connectivity index (χ2v) is 5.55. The van der Waals surface area contributed by atoms with Crippen molar-refractivity contribution in [3.63, 3.8) is 0 Å². The van der Waals surface area contributed by atoms with Crippen LogP contribution in [0.4, 0.5) is 0 Å². The number of pyridine rings is 1. The van der Waals surface area contributed by atoms with Crippen molar-refractivity contribution in [1.29, 1.82) is 0 Å². The summed E-state index contributed by atoms with van der Waals surface area (Å²) in [7, 11) is 0. The van der Waals surface area contributed by atoms with Gasteiger partial charge in [-0.2, -0.15) is 0 Å². The van der Waals surface area contributed by atoms with Crippen molar-refractivity contribution in [3.8, 4) is 0 Å². The zero-order chi connectivity index (χ0) is 12.3. The van der Waals surface area contributed by atoms with Gasteiger partial charge in [0.15, 0.2) is 0 Å². The van der Waals surface area contributed by atoms with Crippen LogP contribution in [0.15, 0.2) is 24.5 Å². The molecule has 0 aliphatic heterocycles. The summed E-state index contributed by atoms with van der Waals surface area (Å²) in [6.07, 6.45) is 9.70. The third-order valence-corrected chi connectivity index (χ3v) is 4.25. The molecule has 1 fully saturated rings. The van der Waals surface area contributed by atoms with Gasteiger partial charge in [0.05, 0.1) is 5.60 Å². The molecule has 2 heteroatoms. The van der Waals surface area contributed by atoms with Crippen LogP contribution in [-0.4, -0.2) is 10.1 Å². The topological polar surface area (TPSA) is 33.1 Å². The predicted molar refractivity (Wildman–Crippen MR) is 69.5 cm³/mol. The Kier molecular flexibility index (Phi) is 3.82. The first-order valence-corrected chi connectivity index (χ1v) is 6.78. The molecule has 1 aromatic rings. The van der Waals surface area contributed by atoms with Crippen LogP contribution < -0.4 is 0 Å². The molecule has 1 N–H and O–H groups in total. The van der Waals surface area contributed by atoms with Gasteiger partial charge in [-0.15, -0.1) is 0 Å². The highest BCUT2D eigenvalue weighted by atomic mass is 16.3. The van der Waals surface area contributed by atoms with E-state index in [0.717, 1.165) is 18.4 Å². The quantitative estimate of drug-likeness (QED) is 0.866. The third-order valence-electron chi connectivity index (χ3n) is 4.25. The molecule has 1 saturated carbocycles. The smallest absolute Gasteiger partial charge is 0.0948 e.